The first-order chi connectivity index (χ1) is 24.6. The maximum absolute atomic E-state index is 12.2. The van der Waals surface area contributed by atoms with E-state index >= 15 is 0 Å². The zero-order chi connectivity index (χ0) is 37.8. The molecule has 0 spiro atoms. The van der Waals surface area contributed by atoms with Crippen LogP contribution in [0.5, 0.6) is 0 Å². The van der Waals surface area contributed by atoms with Crippen LogP contribution in [0.25, 0.3) is 0 Å². The summed E-state index contributed by atoms with van der Waals surface area (Å²) in [5.74, 6) is -2.48. The van der Waals surface area contributed by atoms with Crippen LogP contribution in [0, 0.1) is 0 Å². The SMILES string of the molecule is CC/C=C\C/C=C\C/C=C\C/C=C\C/C=C\C/C=C\CCC(=O)OCC(O)COP(=O)(O)OCC(NC(=O)CCCCCCCCCC)C(=O)O. The van der Waals surface area contributed by atoms with Gasteiger partial charge in [-0.25, -0.2) is 9.36 Å². The van der Waals surface area contributed by atoms with Crippen molar-refractivity contribution >= 4 is 25.7 Å². The summed E-state index contributed by atoms with van der Waals surface area (Å²) in [6, 6.07) is -1.55. The van der Waals surface area contributed by atoms with E-state index in [1.54, 1.807) is 0 Å². The molecule has 3 unspecified atom stereocenters. The van der Waals surface area contributed by atoms with Crippen molar-refractivity contribution in [2.45, 2.75) is 135 Å². The first-order valence-corrected chi connectivity index (χ1v) is 20.0. The Morgan fingerprint density at radius 1 is 0.647 bits per heavy atom. The molecule has 0 aliphatic heterocycles. The number of carboxylic acids is 1. The Kier molecular flexibility index (Phi) is 32.0. The molecule has 290 valence electrons. The van der Waals surface area contributed by atoms with Crippen molar-refractivity contribution in [2.24, 2.45) is 0 Å². The highest BCUT2D eigenvalue weighted by Gasteiger charge is 2.28. The number of rotatable bonds is 33. The summed E-state index contributed by atoms with van der Waals surface area (Å²) in [7, 11) is -4.76. The number of phosphoric ester groups is 1. The van der Waals surface area contributed by atoms with Gasteiger partial charge in [0, 0.05) is 12.8 Å². The number of aliphatic hydroxyl groups is 1. The molecule has 0 heterocycles. The summed E-state index contributed by atoms with van der Waals surface area (Å²) in [6.07, 6.45) is 38.3. The molecule has 12 heteroatoms. The summed E-state index contributed by atoms with van der Waals surface area (Å²) in [4.78, 5) is 45.5. The van der Waals surface area contributed by atoms with Gasteiger partial charge in [0.05, 0.1) is 13.2 Å². The Balaban J connectivity index is 4.07. The van der Waals surface area contributed by atoms with Gasteiger partial charge in [0.2, 0.25) is 5.91 Å². The number of hydrogen-bond donors (Lipinski definition) is 4. The fourth-order valence-electron chi connectivity index (χ4n) is 4.40. The average Bonchev–Trinajstić information content (AvgIpc) is 3.10. The number of carbonyl (C=O) groups is 3. The number of allylic oxidation sites excluding steroid dienone is 12. The van der Waals surface area contributed by atoms with E-state index in [9.17, 15) is 34.1 Å². The van der Waals surface area contributed by atoms with Crippen LogP contribution >= 0.6 is 7.82 Å². The topological polar surface area (TPSA) is 169 Å². The van der Waals surface area contributed by atoms with E-state index < -0.39 is 57.6 Å². The van der Waals surface area contributed by atoms with E-state index in [2.05, 4.69) is 73.8 Å². The van der Waals surface area contributed by atoms with Crippen molar-refractivity contribution in [3.8, 4) is 0 Å². The molecular formula is C39H64NO10P. The molecule has 1 amide bonds. The summed E-state index contributed by atoms with van der Waals surface area (Å²) in [6.45, 7) is 2.31. The molecular weight excluding hydrogens is 673 g/mol. The number of carbonyl (C=O) groups excluding carboxylic acids is 2. The second-order valence-electron chi connectivity index (χ2n) is 12.0. The predicted molar refractivity (Wildman–Crippen MR) is 203 cm³/mol. The van der Waals surface area contributed by atoms with Gasteiger partial charge in [-0.2, -0.15) is 0 Å². The number of carboxylic acid groups (broad SMARTS) is 1. The Bertz CT molecular complexity index is 1140. The van der Waals surface area contributed by atoms with Crippen molar-refractivity contribution in [2.75, 3.05) is 19.8 Å². The third-order valence-electron chi connectivity index (χ3n) is 7.27. The number of phosphoric acid groups is 1. The van der Waals surface area contributed by atoms with E-state index in [1.807, 2.05) is 18.2 Å². The second-order valence-corrected chi connectivity index (χ2v) is 13.5. The monoisotopic (exact) mass is 737 g/mol. The number of nitrogens with one attached hydrogen (secondary N) is 1. The van der Waals surface area contributed by atoms with Gasteiger partial charge in [-0.05, 0) is 51.4 Å². The van der Waals surface area contributed by atoms with Gasteiger partial charge in [0.15, 0.2) is 6.04 Å². The summed E-state index contributed by atoms with van der Waals surface area (Å²) in [5.41, 5.74) is 0. The number of amides is 1. The van der Waals surface area contributed by atoms with E-state index in [0.29, 0.717) is 12.8 Å². The number of esters is 1. The molecule has 0 bridgehead atoms. The second kappa shape index (κ2) is 34.0. The minimum Gasteiger partial charge on any atom is -0.480 e. The standard InChI is InChI=1S/C39H64NO10P/c1-3-5-7-9-11-13-14-15-16-17-18-19-20-21-22-23-25-27-29-31-38(43)48-32-35(41)33-49-51(46,47)50-34-36(39(44)45)40-37(42)30-28-26-24-12-10-8-6-4-2/h5,7,11,13,15-16,18-19,21-22,25,27,35-36,41H,3-4,6,8-10,12,14,17,20,23-24,26,28-34H2,1-2H3,(H,40,42)(H,44,45)(H,46,47)/b7-5-,13-11-,16-15-,19-18-,22-21-,27-25-. The molecule has 4 N–H and O–H groups in total. The Morgan fingerprint density at radius 2 is 1.12 bits per heavy atom. The molecule has 0 aromatic heterocycles. The first kappa shape index (κ1) is 47.9. The molecule has 0 saturated carbocycles. The van der Waals surface area contributed by atoms with Crippen LogP contribution in [0.4, 0.5) is 0 Å². The Hall–Kier alpha value is -3.08. The predicted octanol–water partition coefficient (Wildman–Crippen LogP) is 8.60. The van der Waals surface area contributed by atoms with Crippen molar-refractivity contribution in [3.05, 3.63) is 72.9 Å². The number of aliphatic carboxylic acids is 1. The number of ether oxygens (including phenoxy) is 1. The number of unbranched alkanes of at least 4 members (excludes halogenated alkanes) is 7. The smallest absolute Gasteiger partial charge is 0.472 e. The molecule has 0 fully saturated rings. The van der Waals surface area contributed by atoms with Gasteiger partial charge in [-0.3, -0.25) is 18.6 Å². The van der Waals surface area contributed by atoms with Gasteiger partial charge in [-0.15, -0.1) is 0 Å². The molecule has 0 aromatic rings. The largest absolute Gasteiger partial charge is 0.480 e. The fraction of sp³-hybridized carbons (Fsp3) is 0.615. The molecule has 0 radical (unpaired) electrons. The van der Waals surface area contributed by atoms with Crippen LogP contribution in [0.1, 0.15) is 123 Å². The lowest BCUT2D eigenvalue weighted by molar-refractivity contribution is -0.147. The summed E-state index contributed by atoms with van der Waals surface area (Å²) in [5, 5.41) is 21.6. The quantitative estimate of drug-likeness (QED) is 0.0221. The normalized spacial score (nSPS) is 14.7. The number of hydrogen-bond acceptors (Lipinski definition) is 8. The van der Waals surface area contributed by atoms with Crippen LogP contribution in [0.3, 0.4) is 0 Å². The minimum atomic E-state index is -4.76. The fourth-order valence-corrected chi connectivity index (χ4v) is 5.17. The third kappa shape index (κ3) is 33.8. The summed E-state index contributed by atoms with van der Waals surface area (Å²) < 4.78 is 26.6. The van der Waals surface area contributed by atoms with Crippen LogP contribution in [-0.2, 0) is 32.7 Å². The lowest BCUT2D eigenvalue weighted by atomic mass is 10.1. The zero-order valence-corrected chi connectivity index (χ0v) is 31.8. The highest BCUT2D eigenvalue weighted by Crippen LogP contribution is 2.43. The molecule has 0 saturated heterocycles. The Labute approximate surface area is 306 Å². The van der Waals surface area contributed by atoms with Crippen molar-refractivity contribution in [3.63, 3.8) is 0 Å². The van der Waals surface area contributed by atoms with E-state index in [1.165, 1.54) is 19.3 Å². The van der Waals surface area contributed by atoms with E-state index in [-0.39, 0.29) is 12.8 Å². The third-order valence-corrected chi connectivity index (χ3v) is 8.22. The van der Waals surface area contributed by atoms with Gasteiger partial charge in [-0.1, -0.05) is 132 Å². The van der Waals surface area contributed by atoms with Crippen LogP contribution < -0.4 is 5.32 Å². The molecule has 0 aliphatic rings. The van der Waals surface area contributed by atoms with Crippen LogP contribution in [0.2, 0.25) is 0 Å². The van der Waals surface area contributed by atoms with Gasteiger partial charge < -0.3 is 25.2 Å². The molecule has 0 rings (SSSR count). The van der Waals surface area contributed by atoms with Crippen LogP contribution in [-0.4, -0.2) is 64.9 Å². The summed E-state index contributed by atoms with van der Waals surface area (Å²) >= 11 is 0. The maximum Gasteiger partial charge on any atom is 0.472 e. The maximum atomic E-state index is 12.2. The molecule has 51 heavy (non-hydrogen) atoms. The highest BCUT2D eigenvalue weighted by molar-refractivity contribution is 7.47. The van der Waals surface area contributed by atoms with E-state index in [0.717, 1.165) is 64.2 Å². The van der Waals surface area contributed by atoms with E-state index in [4.69, 9.17) is 13.8 Å². The lowest BCUT2D eigenvalue weighted by Gasteiger charge is -2.18. The molecule has 0 aromatic carbocycles. The molecule has 11 nitrogen and oxygen atoms in total. The van der Waals surface area contributed by atoms with Crippen molar-refractivity contribution in [1.82, 2.24) is 5.32 Å². The van der Waals surface area contributed by atoms with Gasteiger partial charge >= 0.3 is 19.8 Å². The minimum absolute atomic E-state index is 0.0959. The lowest BCUT2D eigenvalue weighted by Crippen LogP contribution is -2.43. The van der Waals surface area contributed by atoms with Crippen molar-refractivity contribution in [1.29, 1.82) is 0 Å². The average molecular weight is 738 g/mol. The molecule has 0 aliphatic carbocycles. The van der Waals surface area contributed by atoms with Crippen LogP contribution in [0.15, 0.2) is 72.9 Å². The van der Waals surface area contributed by atoms with Gasteiger partial charge in [0.1, 0.15) is 12.7 Å². The van der Waals surface area contributed by atoms with Gasteiger partial charge in [0.25, 0.3) is 0 Å². The highest BCUT2D eigenvalue weighted by atomic mass is 31.2. The Morgan fingerprint density at radius 3 is 1.63 bits per heavy atom. The number of aliphatic hydroxyl groups excluding tert-OH is 1. The molecule has 3 atom stereocenters. The van der Waals surface area contributed by atoms with Crippen molar-refractivity contribution < 1.29 is 47.8 Å². The zero-order valence-electron chi connectivity index (χ0n) is 30.9. The first-order valence-electron chi connectivity index (χ1n) is 18.5.